The van der Waals surface area contributed by atoms with Crippen molar-refractivity contribution in [3.05, 3.63) is 71.8 Å². The van der Waals surface area contributed by atoms with E-state index in [1.807, 2.05) is 12.1 Å². The zero-order valence-electron chi connectivity index (χ0n) is 17.1. The standard InChI is InChI=1S/C22H27NO6S/c1-17(2)29-22(25)14-13-21(24)28-15-20(19-11-7-4-8-12-19)23-30(26,27)16-18-9-5-3-6-10-18/h3-12,17,20,23H,13-16H2,1-2H3. The van der Waals surface area contributed by atoms with E-state index < -0.39 is 28.0 Å². The Morgan fingerprint density at radius 2 is 1.47 bits per heavy atom. The molecule has 0 saturated heterocycles. The number of esters is 2. The highest BCUT2D eigenvalue weighted by Crippen LogP contribution is 2.16. The van der Waals surface area contributed by atoms with Crippen LogP contribution >= 0.6 is 0 Å². The third-order valence-electron chi connectivity index (χ3n) is 4.03. The highest BCUT2D eigenvalue weighted by Gasteiger charge is 2.22. The molecule has 0 amide bonds. The van der Waals surface area contributed by atoms with Crippen molar-refractivity contribution in [2.45, 2.75) is 44.6 Å². The lowest BCUT2D eigenvalue weighted by Crippen LogP contribution is -2.33. The van der Waals surface area contributed by atoms with E-state index in [0.717, 1.165) is 0 Å². The summed E-state index contributed by atoms with van der Waals surface area (Å²) in [5, 5.41) is 0. The van der Waals surface area contributed by atoms with Crippen molar-refractivity contribution in [1.29, 1.82) is 0 Å². The van der Waals surface area contributed by atoms with Gasteiger partial charge in [-0.3, -0.25) is 9.59 Å². The smallest absolute Gasteiger partial charge is 0.306 e. The van der Waals surface area contributed by atoms with Gasteiger partial charge >= 0.3 is 11.9 Å². The van der Waals surface area contributed by atoms with Crippen LogP contribution in [0.1, 0.15) is 43.9 Å². The van der Waals surface area contributed by atoms with Crippen LogP contribution in [-0.4, -0.2) is 33.1 Å². The Balaban J connectivity index is 1.98. The second-order valence-electron chi connectivity index (χ2n) is 7.05. The van der Waals surface area contributed by atoms with Gasteiger partial charge in [0, 0.05) is 0 Å². The topological polar surface area (TPSA) is 98.8 Å². The summed E-state index contributed by atoms with van der Waals surface area (Å²) in [6.07, 6.45) is -0.480. The van der Waals surface area contributed by atoms with Gasteiger partial charge in [0.15, 0.2) is 0 Å². The minimum atomic E-state index is -3.68. The molecule has 2 aromatic rings. The molecule has 2 rings (SSSR count). The van der Waals surface area contributed by atoms with Crippen molar-refractivity contribution in [3.8, 4) is 0 Å². The van der Waals surface area contributed by atoms with Gasteiger partial charge in [-0.2, -0.15) is 0 Å². The molecule has 0 bridgehead atoms. The van der Waals surface area contributed by atoms with Crippen LogP contribution in [-0.2, 0) is 34.8 Å². The van der Waals surface area contributed by atoms with Gasteiger partial charge in [0.1, 0.15) is 6.61 Å². The fourth-order valence-corrected chi connectivity index (χ4v) is 4.06. The molecular formula is C22H27NO6S. The van der Waals surface area contributed by atoms with Crippen molar-refractivity contribution in [3.63, 3.8) is 0 Å². The minimum absolute atomic E-state index is 0.0905. The van der Waals surface area contributed by atoms with Gasteiger partial charge in [0.2, 0.25) is 10.0 Å². The van der Waals surface area contributed by atoms with E-state index in [4.69, 9.17) is 9.47 Å². The fourth-order valence-electron chi connectivity index (χ4n) is 2.71. The summed E-state index contributed by atoms with van der Waals surface area (Å²) in [7, 11) is -3.68. The quantitative estimate of drug-likeness (QED) is 0.547. The van der Waals surface area contributed by atoms with Gasteiger partial charge in [0.25, 0.3) is 0 Å². The predicted octanol–water partition coefficient (Wildman–Crippen LogP) is 3.12. The van der Waals surface area contributed by atoms with Gasteiger partial charge < -0.3 is 9.47 Å². The molecule has 0 aliphatic carbocycles. The average Bonchev–Trinajstić information content (AvgIpc) is 2.70. The molecule has 1 unspecified atom stereocenters. The lowest BCUT2D eigenvalue weighted by Gasteiger charge is -2.19. The molecule has 0 aliphatic heterocycles. The third kappa shape index (κ3) is 8.75. The van der Waals surface area contributed by atoms with E-state index in [0.29, 0.717) is 11.1 Å². The Kier molecular flexibility index (Phi) is 9.01. The molecule has 0 heterocycles. The maximum Gasteiger partial charge on any atom is 0.306 e. The Labute approximate surface area is 177 Å². The lowest BCUT2D eigenvalue weighted by molar-refractivity contribution is -0.152. The van der Waals surface area contributed by atoms with E-state index in [1.54, 1.807) is 62.4 Å². The van der Waals surface area contributed by atoms with Crippen molar-refractivity contribution < 1.29 is 27.5 Å². The van der Waals surface area contributed by atoms with Crippen molar-refractivity contribution in [2.24, 2.45) is 0 Å². The molecule has 8 heteroatoms. The number of sulfonamides is 1. The van der Waals surface area contributed by atoms with Crippen LogP contribution in [0.5, 0.6) is 0 Å². The predicted molar refractivity (Wildman–Crippen MR) is 113 cm³/mol. The zero-order valence-corrected chi connectivity index (χ0v) is 17.9. The summed E-state index contributed by atoms with van der Waals surface area (Å²) >= 11 is 0. The maximum atomic E-state index is 12.6. The number of benzene rings is 2. The number of carbonyl (C=O) groups is 2. The van der Waals surface area contributed by atoms with E-state index in [2.05, 4.69) is 4.72 Å². The first kappa shape index (κ1) is 23.6. The summed E-state index contributed by atoms with van der Waals surface area (Å²) in [5.41, 5.74) is 1.32. The van der Waals surface area contributed by atoms with Gasteiger partial charge in [0.05, 0.1) is 30.7 Å². The summed E-state index contributed by atoms with van der Waals surface area (Å²) in [4.78, 5) is 23.6. The number of hydrogen-bond donors (Lipinski definition) is 1. The minimum Gasteiger partial charge on any atom is -0.464 e. The monoisotopic (exact) mass is 433 g/mol. The second kappa shape index (κ2) is 11.5. The Morgan fingerprint density at radius 3 is 2.07 bits per heavy atom. The normalized spacial score (nSPS) is 12.4. The summed E-state index contributed by atoms with van der Waals surface area (Å²) in [6.45, 7) is 3.26. The summed E-state index contributed by atoms with van der Waals surface area (Å²) in [5.74, 6) is -1.27. The van der Waals surface area contributed by atoms with Crippen LogP contribution in [0.15, 0.2) is 60.7 Å². The average molecular weight is 434 g/mol. The molecule has 0 fully saturated rings. The first-order valence-electron chi connectivity index (χ1n) is 9.69. The number of ether oxygens (including phenoxy) is 2. The van der Waals surface area contributed by atoms with Crippen LogP contribution < -0.4 is 4.72 Å². The van der Waals surface area contributed by atoms with Crippen LogP contribution in [0.4, 0.5) is 0 Å². The number of carbonyl (C=O) groups excluding carboxylic acids is 2. The first-order valence-corrected chi connectivity index (χ1v) is 11.3. The second-order valence-corrected chi connectivity index (χ2v) is 8.80. The summed E-state index contributed by atoms with van der Waals surface area (Å²) < 4.78 is 38.1. The molecule has 1 atom stereocenters. The fraction of sp³-hybridized carbons (Fsp3) is 0.364. The van der Waals surface area contributed by atoms with Gasteiger partial charge in [-0.15, -0.1) is 0 Å². The van der Waals surface area contributed by atoms with Crippen LogP contribution in [0, 0.1) is 0 Å². The van der Waals surface area contributed by atoms with Gasteiger partial charge in [-0.05, 0) is 25.0 Å². The SMILES string of the molecule is CC(C)OC(=O)CCC(=O)OCC(NS(=O)(=O)Cc1ccccc1)c1ccccc1. The molecule has 0 aliphatic rings. The van der Waals surface area contributed by atoms with Crippen LogP contribution in [0.3, 0.4) is 0 Å². The lowest BCUT2D eigenvalue weighted by atomic mass is 10.1. The molecule has 0 radical (unpaired) electrons. The molecule has 7 nitrogen and oxygen atoms in total. The van der Waals surface area contributed by atoms with E-state index >= 15 is 0 Å². The molecular weight excluding hydrogens is 406 g/mol. The van der Waals surface area contributed by atoms with Crippen molar-refractivity contribution in [2.75, 3.05) is 6.61 Å². The van der Waals surface area contributed by atoms with Gasteiger partial charge in [-0.1, -0.05) is 60.7 Å². The molecule has 30 heavy (non-hydrogen) atoms. The molecule has 2 aromatic carbocycles. The molecule has 162 valence electrons. The Bertz CT molecular complexity index is 913. The highest BCUT2D eigenvalue weighted by molar-refractivity contribution is 7.88. The molecule has 0 saturated carbocycles. The highest BCUT2D eigenvalue weighted by atomic mass is 32.2. The van der Waals surface area contributed by atoms with Gasteiger partial charge in [-0.25, -0.2) is 13.1 Å². The van der Waals surface area contributed by atoms with Crippen LogP contribution in [0.2, 0.25) is 0 Å². The van der Waals surface area contributed by atoms with E-state index in [1.165, 1.54) is 0 Å². The largest absolute Gasteiger partial charge is 0.464 e. The van der Waals surface area contributed by atoms with Crippen LogP contribution in [0.25, 0.3) is 0 Å². The molecule has 0 aromatic heterocycles. The first-order chi connectivity index (χ1) is 14.2. The third-order valence-corrected chi connectivity index (χ3v) is 5.39. The number of hydrogen-bond acceptors (Lipinski definition) is 6. The Morgan fingerprint density at radius 1 is 0.900 bits per heavy atom. The molecule has 1 N–H and O–H groups in total. The molecule has 0 spiro atoms. The number of nitrogens with one attached hydrogen (secondary N) is 1. The van der Waals surface area contributed by atoms with E-state index in [9.17, 15) is 18.0 Å². The summed E-state index contributed by atoms with van der Waals surface area (Å²) in [6, 6.07) is 16.9. The maximum absolute atomic E-state index is 12.6. The van der Waals surface area contributed by atoms with Crippen molar-refractivity contribution in [1.82, 2.24) is 4.72 Å². The van der Waals surface area contributed by atoms with E-state index in [-0.39, 0.29) is 31.3 Å². The zero-order chi connectivity index (χ0) is 22.0. The Hall–Kier alpha value is -2.71. The van der Waals surface area contributed by atoms with Crippen molar-refractivity contribution >= 4 is 22.0 Å². The number of rotatable bonds is 11.